The summed E-state index contributed by atoms with van der Waals surface area (Å²) in [6.07, 6.45) is 4.48. The van der Waals surface area contributed by atoms with E-state index in [9.17, 15) is 13.2 Å². The van der Waals surface area contributed by atoms with Crippen molar-refractivity contribution in [3.63, 3.8) is 0 Å². The van der Waals surface area contributed by atoms with Crippen LogP contribution in [0, 0.1) is 5.92 Å². The van der Waals surface area contributed by atoms with Crippen molar-refractivity contribution in [2.75, 3.05) is 53.4 Å². The fourth-order valence-electron chi connectivity index (χ4n) is 3.17. The molecule has 2 aliphatic heterocycles. The van der Waals surface area contributed by atoms with Gasteiger partial charge in [-0.1, -0.05) is 6.42 Å². The molecule has 7 nitrogen and oxygen atoms in total. The lowest BCUT2D eigenvalue weighted by Crippen LogP contribution is -2.51. The zero-order valence-electron chi connectivity index (χ0n) is 14.3. The van der Waals surface area contributed by atoms with Gasteiger partial charge in [-0.05, 0) is 39.8 Å². The summed E-state index contributed by atoms with van der Waals surface area (Å²) in [4.78, 5) is 14.3. The Morgan fingerprint density at radius 1 is 1.09 bits per heavy atom. The van der Waals surface area contributed by atoms with Crippen LogP contribution in [0.2, 0.25) is 0 Å². The van der Waals surface area contributed by atoms with Gasteiger partial charge in [0.2, 0.25) is 5.91 Å². The van der Waals surface area contributed by atoms with E-state index in [1.807, 2.05) is 19.0 Å². The highest BCUT2D eigenvalue weighted by Gasteiger charge is 2.36. The molecule has 0 aromatic rings. The topological polar surface area (TPSA) is 73.0 Å². The highest BCUT2D eigenvalue weighted by atomic mass is 32.2. The van der Waals surface area contributed by atoms with E-state index < -0.39 is 10.2 Å². The number of carbonyl (C=O) groups excluding carboxylic acids is 1. The van der Waals surface area contributed by atoms with E-state index in [0.717, 1.165) is 38.6 Å². The smallest absolute Gasteiger partial charge is 0.281 e. The monoisotopic (exact) mass is 346 g/mol. The van der Waals surface area contributed by atoms with E-state index in [1.165, 1.54) is 4.31 Å². The number of rotatable bonds is 6. The molecular weight excluding hydrogens is 316 g/mol. The maximum atomic E-state index is 12.7. The molecule has 2 saturated heterocycles. The van der Waals surface area contributed by atoms with Gasteiger partial charge in [-0.15, -0.1) is 0 Å². The Bertz CT molecular complexity index is 489. The van der Waals surface area contributed by atoms with Crippen LogP contribution in [0.1, 0.15) is 32.1 Å². The second-order valence-electron chi connectivity index (χ2n) is 6.76. The van der Waals surface area contributed by atoms with Crippen LogP contribution in [0.4, 0.5) is 0 Å². The predicted octanol–water partition coefficient (Wildman–Crippen LogP) is 0.107. The summed E-state index contributed by atoms with van der Waals surface area (Å²) in [6.45, 7) is 3.44. The van der Waals surface area contributed by atoms with Gasteiger partial charge in [0.25, 0.3) is 10.2 Å². The minimum atomic E-state index is -3.41. The van der Waals surface area contributed by atoms with Crippen molar-refractivity contribution in [3.05, 3.63) is 0 Å². The molecule has 134 valence electrons. The molecule has 0 unspecified atom stereocenters. The maximum absolute atomic E-state index is 12.7. The summed E-state index contributed by atoms with van der Waals surface area (Å²) < 4.78 is 28.5. The Kier molecular flexibility index (Phi) is 6.82. The Labute approximate surface area is 140 Å². The lowest BCUT2D eigenvalue weighted by Gasteiger charge is -2.36. The first-order valence-corrected chi connectivity index (χ1v) is 9.98. The molecule has 2 rings (SSSR count). The summed E-state index contributed by atoms with van der Waals surface area (Å²) in [5.41, 5.74) is 0. The summed E-state index contributed by atoms with van der Waals surface area (Å²) in [6, 6.07) is 0. The summed E-state index contributed by atoms with van der Waals surface area (Å²) in [5.74, 6) is -0.254. The molecule has 0 bridgehead atoms. The number of amides is 1. The minimum Gasteiger partial charge on any atom is -0.355 e. The molecule has 23 heavy (non-hydrogen) atoms. The van der Waals surface area contributed by atoms with Crippen molar-refractivity contribution in [2.45, 2.75) is 32.1 Å². The second-order valence-corrected chi connectivity index (χ2v) is 8.69. The van der Waals surface area contributed by atoms with Crippen molar-refractivity contribution >= 4 is 16.1 Å². The maximum Gasteiger partial charge on any atom is 0.281 e. The Morgan fingerprint density at radius 2 is 1.74 bits per heavy atom. The Morgan fingerprint density at radius 3 is 2.39 bits per heavy atom. The molecule has 2 heterocycles. The molecule has 0 aromatic heterocycles. The number of nitrogens with zero attached hydrogens (tertiary/aromatic N) is 3. The summed E-state index contributed by atoms with van der Waals surface area (Å²) >= 11 is 0. The van der Waals surface area contributed by atoms with Crippen molar-refractivity contribution in [1.82, 2.24) is 18.8 Å². The van der Waals surface area contributed by atoms with E-state index >= 15 is 0 Å². The van der Waals surface area contributed by atoms with Gasteiger partial charge in [-0.2, -0.15) is 17.0 Å². The van der Waals surface area contributed by atoms with Crippen LogP contribution in [0.3, 0.4) is 0 Å². The highest BCUT2D eigenvalue weighted by molar-refractivity contribution is 7.86. The first-order chi connectivity index (χ1) is 10.9. The van der Waals surface area contributed by atoms with E-state index in [0.29, 0.717) is 32.7 Å². The van der Waals surface area contributed by atoms with Crippen LogP contribution in [-0.4, -0.2) is 81.2 Å². The van der Waals surface area contributed by atoms with Gasteiger partial charge in [-0.3, -0.25) is 4.79 Å². The minimum absolute atomic E-state index is 0.0228. The average Bonchev–Trinajstić information content (AvgIpc) is 2.55. The molecule has 2 aliphatic rings. The molecule has 1 N–H and O–H groups in total. The van der Waals surface area contributed by atoms with Crippen molar-refractivity contribution < 1.29 is 13.2 Å². The predicted molar refractivity (Wildman–Crippen MR) is 90.2 cm³/mol. The molecule has 2 fully saturated rings. The number of carbonyl (C=O) groups is 1. The fourth-order valence-corrected chi connectivity index (χ4v) is 4.95. The average molecular weight is 346 g/mol. The standard InChI is InChI=1S/C15H30N4O3S/c1-17(2)12-8-16-15(20)14-7-6-11-19(13-14)23(21,22)18-9-4-3-5-10-18/h14H,3-13H2,1-2H3,(H,16,20)/t14-/m0/s1. The van der Waals surface area contributed by atoms with E-state index in [2.05, 4.69) is 5.32 Å². The van der Waals surface area contributed by atoms with Crippen molar-refractivity contribution in [3.8, 4) is 0 Å². The lowest BCUT2D eigenvalue weighted by atomic mass is 9.99. The van der Waals surface area contributed by atoms with Gasteiger partial charge in [0.15, 0.2) is 0 Å². The quantitative estimate of drug-likeness (QED) is 0.741. The van der Waals surface area contributed by atoms with Crippen LogP contribution >= 0.6 is 0 Å². The number of nitrogens with one attached hydrogen (secondary N) is 1. The highest BCUT2D eigenvalue weighted by Crippen LogP contribution is 2.23. The number of piperidine rings is 2. The fraction of sp³-hybridized carbons (Fsp3) is 0.933. The van der Waals surface area contributed by atoms with Gasteiger partial charge >= 0.3 is 0 Å². The first-order valence-electron chi connectivity index (χ1n) is 8.59. The molecule has 8 heteroatoms. The van der Waals surface area contributed by atoms with E-state index in [1.54, 1.807) is 4.31 Å². The Balaban J connectivity index is 1.90. The molecule has 0 aromatic carbocycles. The van der Waals surface area contributed by atoms with Crippen LogP contribution in [0.25, 0.3) is 0 Å². The van der Waals surface area contributed by atoms with Crippen LogP contribution in [0.15, 0.2) is 0 Å². The molecular formula is C15H30N4O3S. The van der Waals surface area contributed by atoms with Crippen molar-refractivity contribution in [1.29, 1.82) is 0 Å². The first kappa shape index (κ1) is 18.6. The third kappa shape index (κ3) is 5.14. The molecule has 0 radical (unpaired) electrons. The van der Waals surface area contributed by atoms with Gasteiger partial charge in [0.1, 0.15) is 0 Å². The third-order valence-corrected chi connectivity index (χ3v) is 6.58. The van der Waals surface area contributed by atoms with Gasteiger partial charge in [0, 0.05) is 39.3 Å². The molecule has 1 amide bonds. The molecule has 0 saturated carbocycles. The molecule has 1 atom stereocenters. The van der Waals surface area contributed by atoms with E-state index in [-0.39, 0.29) is 11.8 Å². The number of hydrogen-bond acceptors (Lipinski definition) is 4. The lowest BCUT2D eigenvalue weighted by molar-refractivity contribution is -0.126. The molecule has 0 aliphatic carbocycles. The zero-order chi connectivity index (χ0) is 16.9. The number of hydrogen-bond donors (Lipinski definition) is 1. The SMILES string of the molecule is CN(C)CCNC(=O)[C@H]1CCCN(S(=O)(=O)N2CCCCC2)C1. The van der Waals surface area contributed by atoms with Gasteiger partial charge < -0.3 is 10.2 Å². The normalized spacial score (nSPS) is 24.7. The largest absolute Gasteiger partial charge is 0.355 e. The Hall–Kier alpha value is -0.700. The van der Waals surface area contributed by atoms with E-state index in [4.69, 9.17) is 0 Å². The second kappa shape index (κ2) is 8.41. The third-order valence-electron chi connectivity index (χ3n) is 4.58. The molecule has 0 spiro atoms. The van der Waals surface area contributed by atoms with Crippen LogP contribution in [-0.2, 0) is 15.0 Å². The van der Waals surface area contributed by atoms with Gasteiger partial charge in [-0.25, -0.2) is 0 Å². The van der Waals surface area contributed by atoms with Crippen LogP contribution in [0.5, 0.6) is 0 Å². The zero-order valence-corrected chi connectivity index (χ0v) is 15.1. The van der Waals surface area contributed by atoms with Gasteiger partial charge in [0.05, 0.1) is 5.92 Å². The van der Waals surface area contributed by atoms with Crippen LogP contribution < -0.4 is 5.32 Å². The summed E-state index contributed by atoms with van der Waals surface area (Å²) in [5, 5.41) is 2.92. The number of likely N-dealkylation sites (N-methyl/N-ethyl adjacent to an activating group) is 1. The van der Waals surface area contributed by atoms with Crippen molar-refractivity contribution in [2.24, 2.45) is 5.92 Å². The summed E-state index contributed by atoms with van der Waals surface area (Å²) in [7, 11) is 0.509.